The van der Waals surface area contributed by atoms with Gasteiger partial charge in [0.2, 0.25) is 5.91 Å². The molecule has 1 fully saturated rings. The Morgan fingerprint density at radius 1 is 1.12 bits per heavy atom. The van der Waals surface area contributed by atoms with E-state index in [2.05, 4.69) is 14.9 Å². The highest BCUT2D eigenvalue weighted by molar-refractivity contribution is 5.98. The molecule has 0 saturated carbocycles. The number of hydrogen-bond donors (Lipinski definition) is 0. The Kier molecular flexibility index (Phi) is 4.12. The van der Waals surface area contributed by atoms with E-state index in [4.69, 9.17) is 0 Å². The van der Waals surface area contributed by atoms with Gasteiger partial charge in [-0.1, -0.05) is 0 Å². The van der Waals surface area contributed by atoms with Crippen molar-refractivity contribution in [2.75, 3.05) is 13.1 Å². The number of hydrazine groups is 1. The standard InChI is InChI=1S/C14H13F3N4O3/c15-14(16,17)5-4-12(22)20-6-1-7-21(20)13(23)9-2-3-10-11(8-9)19-24-18-10/h2-3,8H,1,4-7H2. The smallest absolute Gasteiger partial charge is 0.273 e. The highest BCUT2D eigenvalue weighted by atomic mass is 19.4. The van der Waals surface area contributed by atoms with E-state index in [0.717, 1.165) is 5.01 Å². The van der Waals surface area contributed by atoms with Crippen molar-refractivity contribution in [3.8, 4) is 0 Å². The molecule has 0 radical (unpaired) electrons. The fourth-order valence-electron chi connectivity index (χ4n) is 2.52. The van der Waals surface area contributed by atoms with Crippen molar-refractivity contribution < 1.29 is 27.4 Å². The fourth-order valence-corrected chi connectivity index (χ4v) is 2.52. The van der Waals surface area contributed by atoms with Crippen molar-refractivity contribution in [1.29, 1.82) is 0 Å². The summed E-state index contributed by atoms with van der Waals surface area (Å²) in [6.07, 6.45) is -5.78. The number of rotatable bonds is 3. The van der Waals surface area contributed by atoms with Crippen LogP contribution in [0.3, 0.4) is 0 Å². The molecule has 0 spiro atoms. The topological polar surface area (TPSA) is 79.5 Å². The summed E-state index contributed by atoms with van der Waals surface area (Å²) in [6, 6.07) is 4.52. The molecule has 2 amide bonds. The average molecular weight is 342 g/mol. The maximum Gasteiger partial charge on any atom is 0.389 e. The number of amides is 2. The van der Waals surface area contributed by atoms with Gasteiger partial charge in [-0.3, -0.25) is 14.6 Å². The zero-order valence-corrected chi connectivity index (χ0v) is 12.4. The van der Waals surface area contributed by atoms with Crippen LogP contribution in [0.5, 0.6) is 0 Å². The highest BCUT2D eigenvalue weighted by Gasteiger charge is 2.34. The van der Waals surface area contributed by atoms with Crippen LogP contribution in [0.25, 0.3) is 11.0 Å². The predicted molar refractivity (Wildman–Crippen MR) is 74.5 cm³/mol. The first-order valence-electron chi connectivity index (χ1n) is 7.26. The molecule has 1 aromatic carbocycles. The van der Waals surface area contributed by atoms with E-state index in [1.807, 2.05) is 0 Å². The fraction of sp³-hybridized carbons (Fsp3) is 0.429. The second kappa shape index (κ2) is 6.10. The molecule has 0 bridgehead atoms. The Labute approximate surface area is 133 Å². The summed E-state index contributed by atoms with van der Waals surface area (Å²) in [4.78, 5) is 24.6. The van der Waals surface area contributed by atoms with Crippen molar-refractivity contribution in [2.45, 2.75) is 25.4 Å². The first kappa shape index (κ1) is 16.2. The molecule has 0 N–H and O–H groups in total. The molecular weight excluding hydrogens is 329 g/mol. The largest absolute Gasteiger partial charge is 0.389 e. The van der Waals surface area contributed by atoms with Crippen molar-refractivity contribution in [3.63, 3.8) is 0 Å². The molecule has 0 unspecified atom stereocenters. The Hall–Kier alpha value is -2.65. The van der Waals surface area contributed by atoms with E-state index < -0.39 is 30.8 Å². The van der Waals surface area contributed by atoms with Crippen LogP contribution in [0.2, 0.25) is 0 Å². The number of carbonyl (C=O) groups is 2. The van der Waals surface area contributed by atoms with Crippen LogP contribution < -0.4 is 0 Å². The van der Waals surface area contributed by atoms with Crippen LogP contribution in [-0.4, -0.2) is 51.4 Å². The number of hydrogen-bond acceptors (Lipinski definition) is 5. The summed E-state index contributed by atoms with van der Waals surface area (Å²) < 4.78 is 41.4. The van der Waals surface area contributed by atoms with Crippen LogP contribution in [0.4, 0.5) is 13.2 Å². The van der Waals surface area contributed by atoms with Gasteiger partial charge in [0.15, 0.2) is 0 Å². The van der Waals surface area contributed by atoms with Crippen molar-refractivity contribution >= 4 is 22.8 Å². The van der Waals surface area contributed by atoms with E-state index in [1.165, 1.54) is 17.1 Å². The molecule has 3 rings (SSSR count). The lowest BCUT2D eigenvalue weighted by Gasteiger charge is -2.28. The summed E-state index contributed by atoms with van der Waals surface area (Å²) in [5, 5.41) is 9.52. The molecule has 7 nitrogen and oxygen atoms in total. The summed E-state index contributed by atoms with van der Waals surface area (Å²) in [6.45, 7) is 0.488. The Balaban J connectivity index is 1.74. The van der Waals surface area contributed by atoms with Gasteiger partial charge >= 0.3 is 6.18 Å². The second-order valence-electron chi connectivity index (χ2n) is 5.38. The quantitative estimate of drug-likeness (QED) is 0.854. The summed E-state index contributed by atoms with van der Waals surface area (Å²) >= 11 is 0. The number of nitrogens with zero attached hydrogens (tertiary/aromatic N) is 4. The number of aromatic nitrogens is 2. The van der Waals surface area contributed by atoms with Crippen molar-refractivity contribution in [1.82, 2.24) is 20.3 Å². The summed E-state index contributed by atoms with van der Waals surface area (Å²) in [5.74, 6) is -1.19. The number of fused-ring (bicyclic) bond motifs is 1. The van der Waals surface area contributed by atoms with Crippen LogP contribution in [-0.2, 0) is 4.79 Å². The van der Waals surface area contributed by atoms with Gasteiger partial charge in [-0.05, 0) is 34.9 Å². The lowest BCUT2D eigenvalue weighted by atomic mass is 10.2. The van der Waals surface area contributed by atoms with E-state index in [-0.39, 0.29) is 18.7 Å². The highest BCUT2D eigenvalue weighted by Crippen LogP contribution is 2.24. The van der Waals surface area contributed by atoms with Gasteiger partial charge in [-0.2, -0.15) is 13.2 Å². The zero-order valence-electron chi connectivity index (χ0n) is 12.4. The third kappa shape index (κ3) is 3.31. The van der Waals surface area contributed by atoms with E-state index >= 15 is 0 Å². The maximum absolute atomic E-state index is 12.6. The molecule has 10 heteroatoms. The Morgan fingerprint density at radius 3 is 2.58 bits per heavy atom. The Bertz CT molecular complexity index is 774. The first-order chi connectivity index (χ1) is 11.3. The SMILES string of the molecule is O=C(CCC(F)(F)F)N1CCCN1C(=O)c1ccc2nonc2c1. The van der Waals surface area contributed by atoms with Gasteiger partial charge in [0.1, 0.15) is 11.0 Å². The molecule has 24 heavy (non-hydrogen) atoms. The molecular formula is C14H13F3N4O3. The second-order valence-corrected chi connectivity index (χ2v) is 5.38. The molecule has 2 aromatic rings. The molecule has 128 valence electrons. The zero-order chi connectivity index (χ0) is 17.3. The number of benzene rings is 1. The van der Waals surface area contributed by atoms with Crippen LogP contribution in [0.1, 0.15) is 29.6 Å². The van der Waals surface area contributed by atoms with E-state index in [0.29, 0.717) is 17.5 Å². The molecule has 1 aliphatic rings. The molecule has 1 aliphatic heterocycles. The molecule has 2 heterocycles. The van der Waals surface area contributed by atoms with Gasteiger partial charge in [0.05, 0.1) is 6.42 Å². The number of carbonyl (C=O) groups excluding carboxylic acids is 2. The van der Waals surface area contributed by atoms with Crippen molar-refractivity contribution in [3.05, 3.63) is 23.8 Å². The lowest BCUT2D eigenvalue weighted by Crippen LogP contribution is -2.45. The minimum Gasteiger partial charge on any atom is -0.273 e. The minimum absolute atomic E-state index is 0.218. The minimum atomic E-state index is -4.41. The average Bonchev–Trinajstić information content (AvgIpc) is 3.19. The third-order valence-electron chi connectivity index (χ3n) is 3.68. The van der Waals surface area contributed by atoms with Gasteiger partial charge in [-0.25, -0.2) is 9.64 Å². The third-order valence-corrected chi connectivity index (χ3v) is 3.68. The van der Waals surface area contributed by atoms with Crippen molar-refractivity contribution in [2.24, 2.45) is 0 Å². The van der Waals surface area contributed by atoms with Crippen LogP contribution >= 0.6 is 0 Å². The van der Waals surface area contributed by atoms with E-state index in [1.54, 1.807) is 6.07 Å². The molecule has 1 aromatic heterocycles. The van der Waals surface area contributed by atoms with Gasteiger partial charge < -0.3 is 0 Å². The molecule has 1 saturated heterocycles. The predicted octanol–water partition coefficient (Wildman–Crippen LogP) is 2.15. The molecule has 0 aliphatic carbocycles. The van der Waals surface area contributed by atoms with Gasteiger partial charge in [0, 0.05) is 25.1 Å². The normalized spacial score (nSPS) is 15.3. The number of halogens is 3. The van der Waals surface area contributed by atoms with Crippen LogP contribution in [0, 0.1) is 0 Å². The monoisotopic (exact) mass is 342 g/mol. The maximum atomic E-state index is 12.6. The van der Waals surface area contributed by atoms with E-state index in [9.17, 15) is 22.8 Å². The van der Waals surface area contributed by atoms with Gasteiger partial charge in [0.25, 0.3) is 5.91 Å². The van der Waals surface area contributed by atoms with Gasteiger partial charge in [-0.15, -0.1) is 0 Å². The summed E-state index contributed by atoms with van der Waals surface area (Å²) in [7, 11) is 0. The molecule has 0 atom stereocenters. The first-order valence-corrected chi connectivity index (χ1v) is 7.26. The lowest BCUT2D eigenvalue weighted by molar-refractivity contribution is -0.154. The Morgan fingerprint density at radius 2 is 1.83 bits per heavy atom. The number of alkyl halides is 3. The van der Waals surface area contributed by atoms with Crippen LogP contribution in [0.15, 0.2) is 22.8 Å². The summed E-state index contributed by atoms with van der Waals surface area (Å²) in [5.41, 5.74) is 1.12.